The molecule has 29 heavy (non-hydrogen) atoms. The van der Waals surface area contributed by atoms with E-state index >= 15 is 0 Å². The molecule has 0 bridgehead atoms. The molecule has 1 saturated heterocycles. The number of aromatic nitrogens is 5. The number of H-pyrrole nitrogens is 1. The summed E-state index contributed by atoms with van der Waals surface area (Å²) in [7, 11) is 0. The molecule has 0 aromatic carbocycles. The first-order valence-electron chi connectivity index (χ1n) is 10.1. The number of nitrogen functional groups attached to an aromatic ring is 1. The van der Waals surface area contributed by atoms with E-state index in [1.54, 1.807) is 12.3 Å². The zero-order valence-electron chi connectivity index (χ0n) is 16.5. The minimum atomic E-state index is 0.130. The molecular weight excluding hydrogens is 364 g/mol. The number of aromatic amines is 1. The molecule has 8 nitrogen and oxygen atoms in total. The molecule has 0 unspecified atom stereocenters. The number of nitrogens with two attached hydrogens (primary N) is 1. The average molecular weight is 388 g/mol. The maximum Gasteiger partial charge on any atom is 0.141 e. The molecule has 5 heterocycles. The van der Waals surface area contributed by atoms with Gasteiger partial charge in [-0.05, 0) is 37.9 Å². The highest BCUT2D eigenvalue weighted by Gasteiger charge is 2.47. The van der Waals surface area contributed by atoms with Crippen molar-refractivity contribution < 1.29 is 0 Å². The highest BCUT2D eigenvalue weighted by Crippen LogP contribution is 2.45. The molecule has 3 aromatic rings. The smallest absolute Gasteiger partial charge is 0.141 e. The van der Waals surface area contributed by atoms with Crippen LogP contribution in [0.3, 0.4) is 0 Å². The Morgan fingerprint density at radius 3 is 2.93 bits per heavy atom. The second kappa shape index (κ2) is 6.71. The Bertz CT molecular complexity index is 1080. The number of nitriles is 1. The number of fused-ring (bicyclic) bond motifs is 2. The molecule has 5 rings (SSSR count). The van der Waals surface area contributed by atoms with E-state index in [4.69, 9.17) is 10.8 Å². The number of imidazole rings is 1. The van der Waals surface area contributed by atoms with Crippen molar-refractivity contribution in [3.63, 3.8) is 0 Å². The van der Waals surface area contributed by atoms with E-state index < -0.39 is 0 Å². The summed E-state index contributed by atoms with van der Waals surface area (Å²) in [4.78, 5) is 14.5. The molecule has 0 amide bonds. The Morgan fingerprint density at radius 1 is 1.31 bits per heavy atom. The number of pyridine rings is 1. The lowest BCUT2D eigenvalue weighted by molar-refractivity contribution is 0.215. The van der Waals surface area contributed by atoms with Crippen molar-refractivity contribution in [1.29, 1.82) is 5.26 Å². The number of aryl methyl sites for hydroxylation is 1. The van der Waals surface area contributed by atoms with Crippen molar-refractivity contribution in [2.45, 2.75) is 44.2 Å². The van der Waals surface area contributed by atoms with Crippen molar-refractivity contribution in [2.24, 2.45) is 0 Å². The molecule has 1 fully saturated rings. The van der Waals surface area contributed by atoms with Gasteiger partial charge in [-0.2, -0.15) is 10.4 Å². The van der Waals surface area contributed by atoms with Crippen LogP contribution in [-0.4, -0.2) is 42.7 Å². The van der Waals surface area contributed by atoms with Gasteiger partial charge in [-0.3, -0.25) is 9.58 Å². The third-order valence-corrected chi connectivity index (χ3v) is 6.51. The van der Waals surface area contributed by atoms with Gasteiger partial charge in [0.25, 0.3) is 0 Å². The van der Waals surface area contributed by atoms with Gasteiger partial charge in [-0.1, -0.05) is 6.92 Å². The van der Waals surface area contributed by atoms with Gasteiger partial charge >= 0.3 is 0 Å². The van der Waals surface area contributed by atoms with Crippen molar-refractivity contribution in [1.82, 2.24) is 29.6 Å². The van der Waals surface area contributed by atoms with Crippen LogP contribution in [0.4, 0.5) is 5.82 Å². The third kappa shape index (κ3) is 2.81. The van der Waals surface area contributed by atoms with E-state index in [0.717, 1.165) is 56.0 Å². The van der Waals surface area contributed by atoms with E-state index in [0.29, 0.717) is 11.6 Å². The van der Waals surface area contributed by atoms with Gasteiger partial charge in [0, 0.05) is 48.4 Å². The van der Waals surface area contributed by atoms with E-state index in [1.165, 1.54) is 5.69 Å². The molecular formula is C21H24N8. The molecule has 8 heteroatoms. The van der Waals surface area contributed by atoms with Crippen LogP contribution in [0.2, 0.25) is 0 Å². The Balaban J connectivity index is 1.44. The van der Waals surface area contributed by atoms with E-state index in [9.17, 15) is 5.26 Å². The zero-order valence-corrected chi connectivity index (χ0v) is 16.5. The first-order chi connectivity index (χ1) is 14.1. The summed E-state index contributed by atoms with van der Waals surface area (Å²) < 4.78 is 2.13. The first kappa shape index (κ1) is 17.9. The van der Waals surface area contributed by atoms with Crippen molar-refractivity contribution >= 4 is 5.82 Å². The maximum atomic E-state index is 9.25. The van der Waals surface area contributed by atoms with Crippen LogP contribution in [0.25, 0.3) is 11.3 Å². The van der Waals surface area contributed by atoms with Crippen LogP contribution in [0.15, 0.2) is 30.7 Å². The predicted octanol–water partition coefficient (Wildman–Crippen LogP) is 2.62. The van der Waals surface area contributed by atoms with Crippen molar-refractivity contribution in [2.75, 3.05) is 18.8 Å². The van der Waals surface area contributed by atoms with Crippen LogP contribution < -0.4 is 5.73 Å². The number of hydrogen-bond donors (Lipinski definition) is 2. The van der Waals surface area contributed by atoms with Gasteiger partial charge < -0.3 is 10.7 Å². The summed E-state index contributed by atoms with van der Waals surface area (Å²) in [6.45, 7) is 5.22. The van der Waals surface area contributed by atoms with E-state index in [1.807, 2.05) is 12.4 Å². The maximum absolute atomic E-state index is 9.25. The van der Waals surface area contributed by atoms with Gasteiger partial charge in [0.15, 0.2) is 0 Å². The number of nitrogens with one attached hydrogen (secondary N) is 1. The average Bonchev–Trinajstić information content (AvgIpc) is 3.51. The largest absolute Gasteiger partial charge is 0.383 e. The fourth-order valence-corrected chi connectivity index (χ4v) is 4.98. The number of rotatable bonds is 4. The molecule has 0 aliphatic carbocycles. The van der Waals surface area contributed by atoms with Crippen LogP contribution in [0.1, 0.15) is 49.3 Å². The van der Waals surface area contributed by atoms with Crippen molar-refractivity contribution in [3.05, 3.63) is 47.8 Å². The Morgan fingerprint density at radius 2 is 2.17 bits per heavy atom. The lowest BCUT2D eigenvalue weighted by atomic mass is 9.82. The van der Waals surface area contributed by atoms with E-state index in [2.05, 4.69) is 43.6 Å². The SMILES string of the molecule is CC[C@H](c1ncc[nH]1)N1CC[C@@]2(CCn3nc(-c4cnc(N)c(C#N)c4)cc32)C1. The standard InChI is InChI=1S/C21H24N8/c1-2-17(20-24-5-6-25-20)28-7-3-21(13-28)4-8-29-18(21)10-16(27-29)15-9-14(11-22)19(23)26-12-15/h5-6,9-10,12,17H,2-4,7-8,13H2,1H3,(H2,23,26)(H,24,25)/t17-,21-/m1/s1. The Kier molecular flexibility index (Phi) is 4.14. The first-order valence-corrected chi connectivity index (χ1v) is 10.1. The fourth-order valence-electron chi connectivity index (χ4n) is 4.98. The monoisotopic (exact) mass is 388 g/mol. The summed E-state index contributed by atoms with van der Waals surface area (Å²) in [5, 5.41) is 14.1. The fraction of sp³-hybridized carbons (Fsp3) is 0.429. The van der Waals surface area contributed by atoms with E-state index in [-0.39, 0.29) is 11.2 Å². The minimum Gasteiger partial charge on any atom is -0.383 e. The highest BCUT2D eigenvalue weighted by atomic mass is 15.3. The number of hydrogen-bond acceptors (Lipinski definition) is 6. The zero-order chi connectivity index (χ0) is 20.0. The Hall–Kier alpha value is -3.18. The molecule has 1 spiro atoms. The second-order valence-electron chi connectivity index (χ2n) is 8.06. The van der Waals surface area contributed by atoms with Crippen LogP contribution in [-0.2, 0) is 12.0 Å². The summed E-state index contributed by atoms with van der Waals surface area (Å²) in [6.07, 6.45) is 8.70. The lowest BCUT2D eigenvalue weighted by Crippen LogP contribution is -2.32. The van der Waals surface area contributed by atoms with Gasteiger partial charge in [0.05, 0.1) is 17.3 Å². The summed E-state index contributed by atoms with van der Waals surface area (Å²) in [6, 6.07) is 6.38. The third-order valence-electron chi connectivity index (χ3n) is 6.51. The lowest BCUT2D eigenvalue weighted by Gasteiger charge is -2.28. The number of nitrogens with zero attached hydrogens (tertiary/aromatic N) is 6. The second-order valence-corrected chi connectivity index (χ2v) is 8.06. The summed E-state index contributed by atoms with van der Waals surface area (Å²) >= 11 is 0. The molecule has 3 N–H and O–H groups in total. The topological polar surface area (TPSA) is 112 Å². The number of likely N-dealkylation sites (tertiary alicyclic amines) is 1. The highest BCUT2D eigenvalue weighted by molar-refractivity contribution is 5.65. The molecule has 148 valence electrons. The summed E-state index contributed by atoms with van der Waals surface area (Å²) in [5.41, 5.74) is 9.28. The predicted molar refractivity (Wildman–Crippen MR) is 109 cm³/mol. The van der Waals surface area contributed by atoms with Gasteiger partial charge in [0.2, 0.25) is 0 Å². The van der Waals surface area contributed by atoms with Crippen LogP contribution in [0.5, 0.6) is 0 Å². The molecule has 3 aromatic heterocycles. The van der Waals surface area contributed by atoms with Crippen LogP contribution in [0, 0.1) is 11.3 Å². The van der Waals surface area contributed by atoms with Gasteiger partial charge in [0.1, 0.15) is 17.7 Å². The Labute approximate surface area is 169 Å². The van der Waals surface area contributed by atoms with Gasteiger partial charge in [-0.15, -0.1) is 0 Å². The summed E-state index contributed by atoms with van der Waals surface area (Å²) in [5.74, 6) is 1.31. The molecule has 2 atom stereocenters. The minimum absolute atomic E-state index is 0.130. The molecule has 0 radical (unpaired) electrons. The molecule has 2 aliphatic heterocycles. The van der Waals surface area contributed by atoms with Crippen LogP contribution >= 0.6 is 0 Å². The molecule has 2 aliphatic rings. The number of anilines is 1. The van der Waals surface area contributed by atoms with Crippen molar-refractivity contribution in [3.8, 4) is 17.3 Å². The molecule has 0 saturated carbocycles. The quantitative estimate of drug-likeness (QED) is 0.710. The van der Waals surface area contributed by atoms with Gasteiger partial charge in [-0.25, -0.2) is 9.97 Å². The normalized spacial score (nSPS) is 22.1.